The van der Waals surface area contributed by atoms with E-state index in [1.165, 1.54) is 24.3 Å². The molecule has 2 amide bonds. The minimum absolute atomic E-state index is 0.0886. The Hall–Kier alpha value is -3.03. The first-order valence-corrected chi connectivity index (χ1v) is 11.3. The molecule has 7 nitrogen and oxygen atoms in total. The van der Waals surface area contributed by atoms with Crippen molar-refractivity contribution in [2.75, 3.05) is 24.6 Å². The highest BCUT2D eigenvalue weighted by Crippen LogP contribution is 2.37. The number of anilines is 1. The van der Waals surface area contributed by atoms with Crippen LogP contribution in [0, 0.1) is 18.7 Å². The van der Waals surface area contributed by atoms with E-state index in [2.05, 4.69) is 0 Å². The molecule has 1 saturated heterocycles. The number of amides is 2. The van der Waals surface area contributed by atoms with Gasteiger partial charge in [-0.15, -0.1) is 0 Å². The predicted octanol–water partition coefficient (Wildman–Crippen LogP) is 3.36. The van der Waals surface area contributed by atoms with Crippen molar-refractivity contribution in [1.29, 1.82) is 0 Å². The number of ether oxygens (including phenoxy) is 1. The third-order valence-corrected chi connectivity index (χ3v) is 6.53. The third-order valence-electron chi connectivity index (χ3n) is 6.53. The molecule has 3 heterocycles. The van der Waals surface area contributed by atoms with Gasteiger partial charge in [-0.3, -0.25) is 14.5 Å². The second-order valence-electron chi connectivity index (χ2n) is 8.94. The molecule has 0 spiro atoms. The largest absolute Gasteiger partial charge is 0.484 e. The molecule has 168 valence electrons. The van der Waals surface area contributed by atoms with Gasteiger partial charge < -0.3 is 9.64 Å². The van der Waals surface area contributed by atoms with E-state index in [-0.39, 0.29) is 30.3 Å². The summed E-state index contributed by atoms with van der Waals surface area (Å²) in [5.74, 6) is 1.94. The highest BCUT2D eigenvalue weighted by molar-refractivity contribution is 6.00. The van der Waals surface area contributed by atoms with Crippen LogP contribution in [0.3, 0.4) is 0 Å². The van der Waals surface area contributed by atoms with Gasteiger partial charge in [-0.05, 0) is 69.2 Å². The van der Waals surface area contributed by atoms with E-state index in [0.717, 1.165) is 55.7 Å². The van der Waals surface area contributed by atoms with Gasteiger partial charge in [-0.1, -0.05) is 0 Å². The molecule has 0 radical (unpaired) electrons. The van der Waals surface area contributed by atoms with Crippen molar-refractivity contribution in [2.45, 2.75) is 51.5 Å². The smallest absolute Gasteiger partial charge is 0.261 e. The molecule has 1 atom stereocenters. The van der Waals surface area contributed by atoms with E-state index in [1.54, 1.807) is 4.90 Å². The maximum atomic E-state index is 13.1. The van der Waals surface area contributed by atoms with E-state index < -0.39 is 0 Å². The molecule has 8 heteroatoms. The molecule has 1 aliphatic carbocycles. The Labute approximate surface area is 186 Å². The van der Waals surface area contributed by atoms with E-state index in [0.29, 0.717) is 30.5 Å². The van der Waals surface area contributed by atoms with E-state index in [1.807, 2.05) is 11.8 Å². The summed E-state index contributed by atoms with van der Waals surface area (Å²) in [6.07, 6.45) is 5.35. The first-order valence-electron chi connectivity index (χ1n) is 11.3. The molecule has 1 saturated carbocycles. The maximum Gasteiger partial charge on any atom is 0.261 e. The molecule has 1 aromatic carbocycles. The fourth-order valence-electron chi connectivity index (χ4n) is 4.55. The van der Waals surface area contributed by atoms with Crippen LogP contribution in [0.2, 0.25) is 0 Å². The Morgan fingerprint density at radius 1 is 1.16 bits per heavy atom. The number of halogens is 1. The minimum Gasteiger partial charge on any atom is -0.484 e. The zero-order valence-corrected chi connectivity index (χ0v) is 18.2. The summed E-state index contributed by atoms with van der Waals surface area (Å²) < 4.78 is 18.7. The average molecular weight is 439 g/mol. The fraction of sp³-hybridized carbons (Fsp3) is 0.500. The monoisotopic (exact) mass is 438 g/mol. The van der Waals surface area contributed by atoms with Gasteiger partial charge in [-0.25, -0.2) is 14.4 Å². The highest BCUT2D eigenvalue weighted by Gasteiger charge is 2.37. The number of rotatable bonds is 6. The van der Waals surface area contributed by atoms with Crippen LogP contribution in [-0.4, -0.2) is 46.4 Å². The third kappa shape index (κ3) is 4.18. The average Bonchev–Trinajstić information content (AvgIpc) is 3.56. The molecule has 2 aromatic rings. The summed E-state index contributed by atoms with van der Waals surface area (Å²) in [7, 11) is 0. The van der Waals surface area contributed by atoms with Crippen molar-refractivity contribution in [3.05, 3.63) is 47.2 Å². The van der Waals surface area contributed by atoms with Crippen LogP contribution in [0.1, 0.15) is 55.2 Å². The van der Waals surface area contributed by atoms with E-state index >= 15 is 0 Å². The van der Waals surface area contributed by atoms with Gasteiger partial charge >= 0.3 is 0 Å². The first kappa shape index (κ1) is 20.8. The number of benzene rings is 1. The molecule has 0 bridgehead atoms. The lowest BCUT2D eigenvalue weighted by Gasteiger charge is -2.35. The Morgan fingerprint density at radius 3 is 2.69 bits per heavy atom. The SMILES string of the molecule is Cc1nc(C2CCCCN2C(=O)COc2ccc(F)cc2)nc2c1CC(=O)N2CC1CC1. The number of nitrogens with zero attached hydrogens (tertiary/aromatic N) is 4. The number of carbonyl (C=O) groups excluding carboxylic acids is 2. The molecular formula is C24H27FN4O3. The number of fused-ring (bicyclic) bond motifs is 1. The van der Waals surface area contributed by atoms with Crippen molar-refractivity contribution < 1.29 is 18.7 Å². The fourth-order valence-corrected chi connectivity index (χ4v) is 4.55. The summed E-state index contributed by atoms with van der Waals surface area (Å²) in [6.45, 7) is 3.13. The normalized spacial score (nSPS) is 20.4. The predicted molar refractivity (Wildman–Crippen MR) is 116 cm³/mol. The second-order valence-corrected chi connectivity index (χ2v) is 8.94. The molecule has 1 aromatic heterocycles. The standard InChI is InChI=1S/C24H27FN4O3/c1-15-19-12-21(30)29(13-16-5-6-16)24(19)27-23(26-15)20-4-2-3-11-28(20)22(31)14-32-18-9-7-17(25)8-10-18/h7-10,16,20H,2-6,11-14H2,1H3. The zero-order chi connectivity index (χ0) is 22.2. The van der Waals surface area contributed by atoms with Crippen LogP contribution in [0.15, 0.2) is 24.3 Å². The van der Waals surface area contributed by atoms with Crippen molar-refractivity contribution in [3.63, 3.8) is 0 Å². The molecule has 3 aliphatic rings. The molecule has 5 rings (SSSR count). The molecule has 32 heavy (non-hydrogen) atoms. The van der Waals surface area contributed by atoms with Gasteiger partial charge in [-0.2, -0.15) is 0 Å². The molecule has 2 aliphatic heterocycles. The van der Waals surface area contributed by atoms with Gasteiger partial charge in [0.25, 0.3) is 5.91 Å². The van der Waals surface area contributed by atoms with E-state index in [4.69, 9.17) is 14.7 Å². The molecule has 1 unspecified atom stereocenters. The summed E-state index contributed by atoms with van der Waals surface area (Å²) in [5, 5.41) is 0. The van der Waals surface area contributed by atoms with Crippen LogP contribution >= 0.6 is 0 Å². The lowest BCUT2D eigenvalue weighted by atomic mass is 10.0. The second kappa shape index (κ2) is 8.48. The zero-order valence-electron chi connectivity index (χ0n) is 18.2. The highest BCUT2D eigenvalue weighted by atomic mass is 19.1. The topological polar surface area (TPSA) is 75.6 Å². The molecule has 0 N–H and O–H groups in total. The Balaban J connectivity index is 1.36. The summed E-state index contributed by atoms with van der Waals surface area (Å²) in [5.41, 5.74) is 1.73. The van der Waals surface area contributed by atoms with Crippen LogP contribution in [0.25, 0.3) is 0 Å². The number of hydrogen-bond donors (Lipinski definition) is 0. The number of likely N-dealkylation sites (tertiary alicyclic amines) is 1. The van der Waals surface area contributed by atoms with Crippen molar-refractivity contribution in [2.24, 2.45) is 5.92 Å². The Bertz CT molecular complexity index is 1040. The number of piperidine rings is 1. The van der Waals surface area contributed by atoms with Gasteiger partial charge in [0.05, 0.1) is 12.5 Å². The summed E-state index contributed by atoms with van der Waals surface area (Å²) >= 11 is 0. The number of aryl methyl sites for hydroxylation is 1. The lowest BCUT2D eigenvalue weighted by molar-refractivity contribution is -0.137. The minimum atomic E-state index is -0.349. The first-order chi connectivity index (χ1) is 15.5. The van der Waals surface area contributed by atoms with E-state index in [9.17, 15) is 14.0 Å². The van der Waals surface area contributed by atoms with Crippen LogP contribution in [-0.2, 0) is 16.0 Å². The number of hydrogen-bond acceptors (Lipinski definition) is 5. The van der Waals surface area contributed by atoms with Crippen molar-refractivity contribution in [3.8, 4) is 5.75 Å². The van der Waals surface area contributed by atoms with Crippen LogP contribution in [0.5, 0.6) is 5.75 Å². The van der Waals surface area contributed by atoms with Gasteiger partial charge in [0.1, 0.15) is 17.4 Å². The van der Waals surface area contributed by atoms with Crippen molar-refractivity contribution in [1.82, 2.24) is 14.9 Å². The van der Waals surface area contributed by atoms with Crippen LogP contribution < -0.4 is 9.64 Å². The molecule has 2 fully saturated rings. The summed E-state index contributed by atoms with van der Waals surface area (Å²) in [6, 6.07) is 5.39. The van der Waals surface area contributed by atoms with Gasteiger partial charge in [0, 0.05) is 24.3 Å². The van der Waals surface area contributed by atoms with Crippen molar-refractivity contribution >= 4 is 17.6 Å². The summed E-state index contributed by atoms with van der Waals surface area (Å²) in [4.78, 5) is 38.8. The van der Waals surface area contributed by atoms with Gasteiger partial charge in [0.2, 0.25) is 5.91 Å². The Kier molecular flexibility index (Phi) is 5.53. The maximum absolute atomic E-state index is 13.1. The number of carbonyl (C=O) groups is 2. The quantitative estimate of drug-likeness (QED) is 0.691. The number of aromatic nitrogens is 2. The molecular weight excluding hydrogens is 411 g/mol. The Morgan fingerprint density at radius 2 is 1.94 bits per heavy atom. The van der Waals surface area contributed by atoms with Gasteiger partial charge in [0.15, 0.2) is 12.4 Å². The lowest BCUT2D eigenvalue weighted by Crippen LogP contribution is -2.42. The van der Waals surface area contributed by atoms with Crippen LogP contribution in [0.4, 0.5) is 10.2 Å².